The molecule has 0 aliphatic carbocycles. The minimum atomic E-state index is -0.0697. The number of rotatable bonds is 6. The molecule has 0 saturated heterocycles. The van der Waals surface area contributed by atoms with Gasteiger partial charge in [0.1, 0.15) is 0 Å². The molecule has 5 nitrogen and oxygen atoms in total. The summed E-state index contributed by atoms with van der Waals surface area (Å²) in [5.74, 6) is -0.109. The van der Waals surface area contributed by atoms with E-state index in [9.17, 15) is 9.59 Å². The predicted molar refractivity (Wildman–Crippen MR) is 77.3 cm³/mol. The van der Waals surface area contributed by atoms with Crippen LogP contribution in [0, 0.1) is 0 Å². The van der Waals surface area contributed by atoms with Crippen molar-refractivity contribution in [2.24, 2.45) is 0 Å². The van der Waals surface area contributed by atoms with Gasteiger partial charge in [0.05, 0.1) is 0 Å². The highest BCUT2D eigenvalue weighted by atomic mass is 16.2. The number of nitrogens with zero attached hydrogens (tertiary/aromatic N) is 1. The van der Waals surface area contributed by atoms with Crippen LogP contribution in [-0.4, -0.2) is 32.5 Å². The first-order valence-electron chi connectivity index (χ1n) is 6.30. The van der Waals surface area contributed by atoms with Gasteiger partial charge in [0.15, 0.2) is 0 Å². The van der Waals surface area contributed by atoms with Gasteiger partial charge >= 0.3 is 0 Å². The zero-order valence-corrected chi connectivity index (χ0v) is 11.7. The number of benzene rings is 1. The molecule has 0 unspecified atom stereocenters. The summed E-state index contributed by atoms with van der Waals surface area (Å²) in [6.07, 6.45) is 1.04. The zero-order valence-electron chi connectivity index (χ0n) is 11.7. The topological polar surface area (TPSA) is 61.4 Å². The number of carbonyl (C=O) groups is 2. The summed E-state index contributed by atoms with van der Waals surface area (Å²) in [4.78, 5) is 24.3. The molecule has 0 bridgehead atoms. The maximum absolute atomic E-state index is 11.6. The van der Waals surface area contributed by atoms with Crippen LogP contribution in [0.4, 0.5) is 11.4 Å². The smallest absolute Gasteiger partial charge is 0.224 e. The Morgan fingerprint density at radius 3 is 2.32 bits per heavy atom. The van der Waals surface area contributed by atoms with E-state index in [2.05, 4.69) is 10.6 Å². The van der Waals surface area contributed by atoms with Crippen LogP contribution in [-0.2, 0) is 9.59 Å². The van der Waals surface area contributed by atoms with Gasteiger partial charge in [0.25, 0.3) is 0 Å². The molecule has 0 saturated carbocycles. The Kier molecular flexibility index (Phi) is 5.85. The minimum absolute atomic E-state index is 0.0389. The largest absolute Gasteiger partial charge is 0.378 e. The third-order valence-corrected chi connectivity index (χ3v) is 2.62. The molecule has 0 spiro atoms. The summed E-state index contributed by atoms with van der Waals surface area (Å²) in [7, 11) is 3.94. The fraction of sp³-hybridized carbons (Fsp3) is 0.429. The van der Waals surface area contributed by atoms with Crippen molar-refractivity contribution < 1.29 is 9.59 Å². The van der Waals surface area contributed by atoms with Crippen molar-refractivity contribution >= 4 is 23.2 Å². The normalized spacial score (nSPS) is 9.84. The Hall–Kier alpha value is -2.04. The van der Waals surface area contributed by atoms with Gasteiger partial charge in [-0.25, -0.2) is 0 Å². The fourth-order valence-electron chi connectivity index (χ4n) is 1.58. The average Bonchev–Trinajstić information content (AvgIpc) is 2.35. The van der Waals surface area contributed by atoms with Crippen LogP contribution >= 0.6 is 0 Å². The molecule has 5 heteroatoms. The molecule has 19 heavy (non-hydrogen) atoms. The number of nitrogens with one attached hydrogen (secondary N) is 2. The van der Waals surface area contributed by atoms with E-state index in [1.165, 1.54) is 6.92 Å². The molecule has 0 aliphatic rings. The molecule has 0 fully saturated rings. The predicted octanol–water partition coefficient (Wildman–Crippen LogP) is 1.61. The quantitative estimate of drug-likeness (QED) is 0.766. The third kappa shape index (κ3) is 5.90. The van der Waals surface area contributed by atoms with E-state index in [-0.39, 0.29) is 11.8 Å². The lowest BCUT2D eigenvalue weighted by molar-refractivity contribution is -0.119. The van der Waals surface area contributed by atoms with Gasteiger partial charge in [-0.1, -0.05) is 0 Å². The summed E-state index contributed by atoms with van der Waals surface area (Å²) in [5, 5.41) is 5.49. The van der Waals surface area contributed by atoms with E-state index in [0.29, 0.717) is 19.4 Å². The van der Waals surface area contributed by atoms with E-state index in [1.54, 1.807) is 0 Å². The average molecular weight is 263 g/mol. The first kappa shape index (κ1) is 15.0. The van der Waals surface area contributed by atoms with Gasteiger partial charge < -0.3 is 15.5 Å². The number of anilines is 2. The lowest BCUT2D eigenvalue weighted by Crippen LogP contribution is -2.22. The maximum atomic E-state index is 11.6. The summed E-state index contributed by atoms with van der Waals surface area (Å²) in [5.41, 5.74) is 1.87. The molecule has 0 aromatic heterocycles. The van der Waals surface area contributed by atoms with Crippen molar-refractivity contribution in [2.75, 3.05) is 30.9 Å². The Morgan fingerprint density at radius 2 is 1.79 bits per heavy atom. The Balaban J connectivity index is 2.33. The van der Waals surface area contributed by atoms with E-state index >= 15 is 0 Å². The molecule has 0 atom stereocenters. The molecule has 1 aromatic rings. The molecular formula is C14H21N3O2. The van der Waals surface area contributed by atoms with Crippen LogP contribution < -0.4 is 15.5 Å². The summed E-state index contributed by atoms with van der Waals surface area (Å²) in [6, 6.07) is 7.65. The van der Waals surface area contributed by atoms with Crippen molar-refractivity contribution in [3.05, 3.63) is 24.3 Å². The van der Waals surface area contributed by atoms with Crippen molar-refractivity contribution in [1.82, 2.24) is 5.32 Å². The lowest BCUT2D eigenvalue weighted by Gasteiger charge is -2.13. The molecule has 2 N–H and O–H groups in total. The Morgan fingerprint density at radius 1 is 1.16 bits per heavy atom. The van der Waals surface area contributed by atoms with Gasteiger partial charge in [-0.05, 0) is 30.7 Å². The van der Waals surface area contributed by atoms with E-state index in [0.717, 1.165) is 11.4 Å². The van der Waals surface area contributed by atoms with Crippen LogP contribution in [0.15, 0.2) is 24.3 Å². The van der Waals surface area contributed by atoms with Crippen molar-refractivity contribution in [1.29, 1.82) is 0 Å². The molecule has 1 rings (SSSR count). The van der Waals surface area contributed by atoms with Gasteiger partial charge in [-0.2, -0.15) is 0 Å². The molecule has 0 aliphatic heterocycles. The monoisotopic (exact) mass is 263 g/mol. The Bertz CT molecular complexity index is 427. The second-order valence-electron chi connectivity index (χ2n) is 4.58. The van der Waals surface area contributed by atoms with Crippen LogP contribution in [0.3, 0.4) is 0 Å². The van der Waals surface area contributed by atoms with Crippen molar-refractivity contribution in [2.45, 2.75) is 19.8 Å². The molecule has 1 aromatic carbocycles. The molecular weight excluding hydrogens is 242 g/mol. The highest BCUT2D eigenvalue weighted by molar-refractivity contribution is 5.90. The summed E-state index contributed by atoms with van der Waals surface area (Å²) < 4.78 is 0. The second kappa shape index (κ2) is 7.41. The van der Waals surface area contributed by atoms with Gasteiger partial charge in [-0.15, -0.1) is 0 Å². The molecule has 104 valence electrons. The zero-order chi connectivity index (χ0) is 14.3. The number of hydrogen-bond acceptors (Lipinski definition) is 3. The van der Waals surface area contributed by atoms with Crippen LogP contribution in [0.25, 0.3) is 0 Å². The van der Waals surface area contributed by atoms with Gasteiger partial charge in [0, 0.05) is 45.4 Å². The van der Waals surface area contributed by atoms with Crippen LogP contribution in [0.1, 0.15) is 19.8 Å². The van der Waals surface area contributed by atoms with Gasteiger partial charge in [-0.3, -0.25) is 9.59 Å². The number of amides is 2. The number of hydrogen-bond donors (Lipinski definition) is 2. The summed E-state index contributed by atoms with van der Waals surface area (Å²) >= 11 is 0. The van der Waals surface area contributed by atoms with Crippen molar-refractivity contribution in [3.63, 3.8) is 0 Å². The SMILES string of the molecule is CC(=O)NCCCC(=O)Nc1ccc(N(C)C)cc1. The number of carbonyl (C=O) groups excluding carboxylic acids is 2. The maximum Gasteiger partial charge on any atom is 0.224 e. The minimum Gasteiger partial charge on any atom is -0.378 e. The standard InChI is InChI=1S/C14H21N3O2/c1-11(18)15-10-4-5-14(19)16-12-6-8-13(9-7-12)17(2)3/h6-9H,4-5,10H2,1-3H3,(H,15,18)(H,16,19). The lowest BCUT2D eigenvalue weighted by atomic mass is 10.2. The van der Waals surface area contributed by atoms with Crippen LogP contribution in [0.5, 0.6) is 0 Å². The fourth-order valence-corrected chi connectivity index (χ4v) is 1.58. The first-order valence-corrected chi connectivity index (χ1v) is 6.30. The molecule has 0 radical (unpaired) electrons. The summed E-state index contributed by atoms with van der Waals surface area (Å²) in [6.45, 7) is 1.99. The van der Waals surface area contributed by atoms with E-state index in [4.69, 9.17) is 0 Å². The molecule has 2 amide bonds. The van der Waals surface area contributed by atoms with E-state index in [1.807, 2.05) is 43.3 Å². The van der Waals surface area contributed by atoms with Gasteiger partial charge in [0.2, 0.25) is 11.8 Å². The van der Waals surface area contributed by atoms with Crippen molar-refractivity contribution in [3.8, 4) is 0 Å². The third-order valence-electron chi connectivity index (χ3n) is 2.62. The highest BCUT2D eigenvalue weighted by Crippen LogP contribution is 2.15. The Labute approximate surface area is 114 Å². The second-order valence-corrected chi connectivity index (χ2v) is 4.58. The van der Waals surface area contributed by atoms with Crippen LogP contribution in [0.2, 0.25) is 0 Å². The van der Waals surface area contributed by atoms with E-state index < -0.39 is 0 Å². The molecule has 0 heterocycles. The first-order chi connectivity index (χ1) is 8.99. The highest BCUT2D eigenvalue weighted by Gasteiger charge is 2.03.